The van der Waals surface area contributed by atoms with E-state index in [0.717, 1.165) is 17.0 Å². The first-order valence-corrected chi connectivity index (χ1v) is 8.09. The number of aromatic nitrogens is 4. The number of furan rings is 1. The van der Waals surface area contributed by atoms with Crippen molar-refractivity contribution in [3.05, 3.63) is 47.3 Å². The van der Waals surface area contributed by atoms with Crippen molar-refractivity contribution in [1.82, 2.24) is 30.6 Å². The zero-order valence-electron chi connectivity index (χ0n) is 14.8. The van der Waals surface area contributed by atoms with Gasteiger partial charge in [-0.15, -0.1) is 0 Å². The van der Waals surface area contributed by atoms with Crippen LogP contribution < -0.4 is 10.6 Å². The van der Waals surface area contributed by atoms with Crippen molar-refractivity contribution in [1.29, 1.82) is 0 Å². The Balaban J connectivity index is 1.57. The SMILES string of the molecule is Cc1nn(C)c(C)c1-c1cc(C(=O)NCC(=O)NCc2ccco2)[nH]n1. The van der Waals surface area contributed by atoms with Crippen molar-refractivity contribution in [2.24, 2.45) is 7.05 Å². The van der Waals surface area contributed by atoms with Crippen LogP contribution in [-0.4, -0.2) is 38.3 Å². The lowest BCUT2D eigenvalue weighted by Gasteiger charge is -2.04. The van der Waals surface area contributed by atoms with Crippen molar-refractivity contribution in [2.45, 2.75) is 20.4 Å². The molecule has 9 nitrogen and oxygen atoms in total. The van der Waals surface area contributed by atoms with E-state index in [2.05, 4.69) is 25.9 Å². The highest BCUT2D eigenvalue weighted by molar-refractivity contribution is 5.95. The molecule has 0 aromatic carbocycles. The van der Waals surface area contributed by atoms with Gasteiger partial charge in [0.15, 0.2) is 0 Å². The molecule has 0 saturated heterocycles. The number of amides is 2. The van der Waals surface area contributed by atoms with Crippen LogP contribution >= 0.6 is 0 Å². The van der Waals surface area contributed by atoms with E-state index in [-0.39, 0.29) is 24.7 Å². The number of nitrogens with one attached hydrogen (secondary N) is 3. The molecule has 3 rings (SSSR count). The average Bonchev–Trinajstić information content (AvgIpc) is 3.33. The Morgan fingerprint density at radius 1 is 1.31 bits per heavy atom. The minimum atomic E-state index is -0.406. The van der Waals surface area contributed by atoms with E-state index in [1.807, 2.05) is 20.9 Å². The van der Waals surface area contributed by atoms with Crippen LogP contribution in [0.3, 0.4) is 0 Å². The smallest absolute Gasteiger partial charge is 0.269 e. The first kappa shape index (κ1) is 17.5. The highest BCUT2D eigenvalue weighted by Crippen LogP contribution is 2.25. The van der Waals surface area contributed by atoms with E-state index in [1.165, 1.54) is 6.26 Å². The topological polar surface area (TPSA) is 118 Å². The van der Waals surface area contributed by atoms with Crippen molar-refractivity contribution < 1.29 is 14.0 Å². The lowest BCUT2D eigenvalue weighted by molar-refractivity contribution is -0.120. The molecule has 2 amide bonds. The summed E-state index contributed by atoms with van der Waals surface area (Å²) in [7, 11) is 1.85. The monoisotopic (exact) mass is 356 g/mol. The van der Waals surface area contributed by atoms with Crippen molar-refractivity contribution in [2.75, 3.05) is 6.54 Å². The largest absolute Gasteiger partial charge is 0.467 e. The van der Waals surface area contributed by atoms with Crippen LogP contribution in [0.15, 0.2) is 28.9 Å². The minimum absolute atomic E-state index is 0.140. The van der Waals surface area contributed by atoms with Crippen LogP contribution in [0, 0.1) is 13.8 Å². The van der Waals surface area contributed by atoms with Gasteiger partial charge in [0.05, 0.1) is 30.7 Å². The number of carbonyl (C=O) groups is 2. The van der Waals surface area contributed by atoms with Crippen LogP contribution in [-0.2, 0) is 18.4 Å². The Bertz CT molecular complexity index is 923. The second-order valence-corrected chi connectivity index (χ2v) is 5.88. The minimum Gasteiger partial charge on any atom is -0.467 e. The molecule has 3 heterocycles. The third-order valence-electron chi connectivity index (χ3n) is 4.04. The fraction of sp³-hybridized carbons (Fsp3) is 0.294. The molecule has 3 aromatic rings. The lowest BCUT2D eigenvalue weighted by atomic mass is 10.1. The predicted octanol–water partition coefficient (Wildman–Crippen LogP) is 1.07. The molecule has 0 saturated carbocycles. The molecule has 0 bridgehead atoms. The first-order chi connectivity index (χ1) is 12.5. The molecule has 0 fully saturated rings. The van der Waals surface area contributed by atoms with Crippen LogP contribution in [0.1, 0.15) is 27.6 Å². The number of carbonyl (C=O) groups excluding carboxylic acids is 2. The van der Waals surface area contributed by atoms with Gasteiger partial charge in [-0.1, -0.05) is 0 Å². The van der Waals surface area contributed by atoms with E-state index < -0.39 is 5.91 Å². The Morgan fingerprint density at radius 3 is 2.77 bits per heavy atom. The molecule has 0 aliphatic heterocycles. The number of hydrogen-bond donors (Lipinski definition) is 3. The van der Waals surface area contributed by atoms with E-state index in [9.17, 15) is 9.59 Å². The van der Waals surface area contributed by atoms with Gasteiger partial charge >= 0.3 is 0 Å². The van der Waals surface area contributed by atoms with Gasteiger partial charge in [-0.25, -0.2) is 0 Å². The Kier molecular flexibility index (Phi) is 4.87. The molecule has 136 valence electrons. The molecular formula is C17H20N6O3. The number of nitrogens with zero attached hydrogens (tertiary/aromatic N) is 3. The highest BCUT2D eigenvalue weighted by Gasteiger charge is 2.17. The van der Waals surface area contributed by atoms with Gasteiger partial charge < -0.3 is 15.1 Å². The third-order valence-corrected chi connectivity index (χ3v) is 4.04. The molecule has 9 heteroatoms. The Labute approximate surface area is 149 Å². The molecular weight excluding hydrogens is 336 g/mol. The second kappa shape index (κ2) is 7.26. The fourth-order valence-electron chi connectivity index (χ4n) is 2.63. The van der Waals surface area contributed by atoms with Crippen LogP contribution in [0.4, 0.5) is 0 Å². The van der Waals surface area contributed by atoms with E-state index >= 15 is 0 Å². The number of hydrogen-bond acceptors (Lipinski definition) is 5. The number of rotatable bonds is 6. The van der Waals surface area contributed by atoms with Gasteiger partial charge in [0.25, 0.3) is 5.91 Å². The summed E-state index contributed by atoms with van der Waals surface area (Å²) in [4.78, 5) is 24.0. The Hall–Kier alpha value is -3.36. The van der Waals surface area contributed by atoms with Gasteiger partial charge in [0.2, 0.25) is 5.91 Å². The van der Waals surface area contributed by atoms with Gasteiger partial charge in [-0.3, -0.25) is 19.4 Å². The van der Waals surface area contributed by atoms with Crippen molar-refractivity contribution in [3.63, 3.8) is 0 Å². The predicted molar refractivity (Wildman–Crippen MR) is 93.2 cm³/mol. The highest BCUT2D eigenvalue weighted by atomic mass is 16.3. The maximum absolute atomic E-state index is 12.2. The second-order valence-electron chi connectivity index (χ2n) is 5.88. The molecule has 0 spiro atoms. The summed E-state index contributed by atoms with van der Waals surface area (Å²) in [6.07, 6.45) is 1.53. The standard InChI is InChI=1S/C17H20N6O3/c1-10-16(11(2)23(3)22-10)13-7-14(21-20-13)17(25)19-9-15(24)18-8-12-5-4-6-26-12/h4-7H,8-9H2,1-3H3,(H,18,24)(H,19,25)(H,20,21). The first-order valence-electron chi connectivity index (χ1n) is 8.09. The van der Waals surface area contributed by atoms with Crippen LogP contribution in [0.5, 0.6) is 0 Å². The molecule has 0 radical (unpaired) electrons. The molecule has 0 unspecified atom stereocenters. The van der Waals surface area contributed by atoms with E-state index in [1.54, 1.807) is 22.9 Å². The maximum Gasteiger partial charge on any atom is 0.269 e. The van der Waals surface area contributed by atoms with Crippen molar-refractivity contribution >= 4 is 11.8 Å². The van der Waals surface area contributed by atoms with Gasteiger partial charge in [0.1, 0.15) is 11.5 Å². The summed E-state index contributed by atoms with van der Waals surface area (Å²) in [5, 5.41) is 16.4. The average molecular weight is 356 g/mol. The van der Waals surface area contributed by atoms with Gasteiger partial charge in [0, 0.05) is 18.3 Å². The zero-order valence-corrected chi connectivity index (χ0v) is 14.8. The number of H-pyrrole nitrogens is 1. The third kappa shape index (κ3) is 3.66. The number of aromatic amines is 1. The maximum atomic E-state index is 12.2. The molecule has 0 aliphatic rings. The quantitative estimate of drug-likeness (QED) is 0.610. The molecule has 3 N–H and O–H groups in total. The Morgan fingerprint density at radius 2 is 2.12 bits per heavy atom. The summed E-state index contributed by atoms with van der Waals surface area (Å²) < 4.78 is 6.89. The lowest BCUT2D eigenvalue weighted by Crippen LogP contribution is -2.36. The summed E-state index contributed by atoms with van der Waals surface area (Å²) in [5.74, 6) is -0.0744. The molecule has 3 aromatic heterocycles. The normalized spacial score (nSPS) is 10.7. The van der Waals surface area contributed by atoms with Crippen LogP contribution in [0.2, 0.25) is 0 Å². The molecule has 26 heavy (non-hydrogen) atoms. The van der Waals surface area contributed by atoms with Gasteiger partial charge in [-0.2, -0.15) is 10.2 Å². The molecule has 0 aliphatic carbocycles. The van der Waals surface area contributed by atoms with E-state index in [4.69, 9.17) is 4.42 Å². The van der Waals surface area contributed by atoms with E-state index in [0.29, 0.717) is 11.5 Å². The fourth-order valence-corrected chi connectivity index (χ4v) is 2.63. The summed E-state index contributed by atoms with van der Waals surface area (Å²) in [6, 6.07) is 5.14. The summed E-state index contributed by atoms with van der Waals surface area (Å²) in [5.41, 5.74) is 3.60. The van der Waals surface area contributed by atoms with Gasteiger partial charge in [-0.05, 0) is 32.0 Å². The summed E-state index contributed by atoms with van der Waals surface area (Å²) >= 11 is 0. The van der Waals surface area contributed by atoms with Crippen molar-refractivity contribution in [3.8, 4) is 11.3 Å². The molecule has 0 atom stereocenters. The zero-order chi connectivity index (χ0) is 18.7. The summed E-state index contributed by atoms with van der Waals surface area (Å²) in [6.45, 7) is 3.96. The van der Waals surface area contributed by atoms with Crippen LogP contribution in [0.25, 0.3) is 11.3 Å². The number of aryl methyl sites for hydroxylation is 2.